The number of hydrogen-bond acceptors (Lipinski definition) is 4. The Balaban J connectivity index is 2.05. The lowest BCUT2D eigenvalue weighted by molar-refractivity contribution is 0.593. The standard InChI is InChI=1S/C13H8FN2O2S2/c14-9-6-7-11-12(8-9)20(17,18)16-13(19-11)15-10-4-2-1-3-5-10/h1-8H/q-1. The van der Waals surface area contributed by atoms with Crippen LogP contribution >= 0.6 is 11.8 Å². The molecule has 0 fully saturated rings. The maximum atomic E-state index is 13.1. The second kappa shape index (κ2) is 4.92. The van der Waals surface area contributed by atoms with E-state index >= 15 is 0 Å². The molecule has 2 aromatic rings. The van der Waals surface area contributed by atoms with Crippen molar-refractivity contribution in [2.24, 2.45) is 4.99 Å². The molecule has 0 radical (unpaired) electrons. The highest BCUT2D eigenvalue weighted by molar-refractivity contribution is 8.17. The molecule has 0 bridgehead atoms. The van der Waals surface area contributed by atoms with E-state index in [1.54, 1.807) is 24.3 Å². The van der Waals surface area contributed by atoms with Crippen molar-refractivity contribution in [1.82, 2.24) is 0 Å². The number of halogens is 1. The number of rotatable bonds is 1. The summed E-state index contributed by atoms with van der Waals surface area (Å²) in [5.41, 5.74) is 0.611. The van der Waals surface area contributed by atoms with Crippen LogP contribution in [0.3, 0.4) is 0 Å². The van der Waals surface area contributed by atoms with Crippen molar-refractivity contribution in [3.8, 4) is 0 Å². The molecule has 1 aliphatic heterocycles. The molecule has 1 heterocycles. The Morgan fingerprint density at radius 3 is 2.60 bits per heavy atom. The summed E-state index contributed by atoms with van der Waals surface area (Å²) < 4.78 is 40.7. The van der Waals surface area contributed by atoms with Crippen molar-refractivity contribution < 1.29 is 12.8 Å². The second-order valence-electron chi connectivity index (χ2n) is 3.99. The summed E-state index contributed by atoms with van der Waals surface area (Å²) in [7, 11) is -3.90. The minimum atomic E-state index is -3.90. The van der Waals surface area contributed by atoms with Crippen molar-refractivity contribution in [2.75, 3.05) is 0 Å². The Morgan fingerprint density at radius 2 is 1.85 bits per heavy atom. The van der Waals surface area contributed by atoms with E-state index in [1.807, 2.05) is 6.07 Å². The van der Waals surface area contributed by atoms with Gasteiger partial charge >= 0.3 is 0 Å². The van der Waals surface area contributed by atoms with E-state index in [0.29, 0.717) is 10.6 Å². The number of thioether (sulfide) groups is 1. The first-order valence-electron chi connectivity index (χ1n) is 5.64. The molecular weight excluding hydrogens is 299 g/mol. The van der Waals surface area contributed by atoms with E-state index in [2.05, 4.69) is 9.71 Å². The summed E-state index contributed by atoms with van der Waals surface area (Å²) >= 11 is 1.10. The van der Waals surface area contributed by atoms with E-state index in [-0.39, 0.29) is 10.1 Å². The van der Waals surface area contributed by atoms with Crippen LogP contribution in [0.1, 0.15) is 0 Å². The number of fused-ring (bicyclic) bond motifs is 1. The number of nitrogens with zero attached hydrogens (tertiary/aromatic N) is 2. The lowest BCUT2D eigenvalue weighted by atomic mass is 10.3. The van der Waals surface area contributed by atoms with Crippen LogP contribution in [-0.2, 0) is 10.0 Å². The molecule has 2 aromatic carbocycles. The van der Waals surface area contributed by atoms with Crippen molar-refractivity contribution in [2.45, 2.75) is 9.79 Å². The van der Waals surface area contributed by atoms with Gasteiger partial charge in [-0.25, -0.2) is 12.8 Å². The molecule has 7 heteroatoms. The highest BCUT2D eigenvalue weighted by Crippen LogP contribution is 2.39. The van der Waals surface area contributed by atoms with Crippen LogP contribution in [-0.4, -0.2) is 13.6 Å². The Labute approximate surface area is 119 Å². The van der Waals surface area contributed by atoms with Gasteiger partial charge in [0.25, 0.3) is 0 Å². The van der Waals surface area contributed by atoms with Gasteiger partial charge in [-0.3, -0.25) is 0 Å². The van der Waals surface area contributed by atoms with Crippen LogP contribution in [0, 0.1) is 5.82 Å². The van der Waals surface area contributed by atoms with Crippen LogP contribution in [0.5, 0.6) is 0 Å². The predicted octanol–water partition coefficient (Wildman–Crippen LogP) is 3.68. The number of benzene rings is 2. The lowest BCUT2D eigenvalue weighted by Gasteiger charge is -2.26. The molecule has 0 aliphatic carbocycles. The van der Waals surface area contributed by atoms with Gasteiger partial charge in [-0.2, -0.15) is 0 Å². The van der Waals surface area contributed by atoms with Gasteiger partial charge in [0.15, 0.2) is 0 Å². The zero-order valence-electron chi connectivity index (χ0n) is 10.0. The van der Waals surface area contributed by atoms with Crippen LogP contribution in [0.4, 0.5) is 10.1 Å². The van der Waals surface area contributed by atoms with E-state index in [4.69, 9.17) is 0 Å². The molecule has 20 heavy (non-hydrogen) atoms. The molecule has 0 N–H and O–H groups in total. The first-order valence-corrected chi connectivity index (χ1v) is 7.89. The molecule has 0 saturated heterocycles. The summed E-state index contributed by atoms with van der Waals surface area (Å²) in [6.07, 6.45) is 0. The highest BCUT2D eigenvalue weighted by atomic mass is 32.2. The number of hydrogen-bond donors (Lipinski definition) is 0. The number of amidine groups is 1. The molecular formula is C13H8FN2O2S2-. The highest BCUT2D eigenvalue weighted by Gasteiger charge is 2.22. The quantitative estimate of drug-likeness (QED) is 0.807. The summed E-state index contributed by atoms with van der Waals surface area (Å²) in [5, 5.41) is 0.121. The van der Waals surface area contributed by atoms with Gasteiger partial charge in [0, 0.05) is 4.90 Å². The zero-order chi connectivity index (χ0) is 14.2. The van der Waals surface area contributed by atoms with Gasteiger partial charge in [-0.1, -0.05) is 42.1 Å². The lowest BCUT2D eigenvalue weighted by Crippen LogP contribution is -2.11. The summed E-state index contributed by atoms with van der Waals surface area (Å²) in [6.45, 7) is 0. The van der Waals surface area contributed by atoms with Crippen LogP contribution in [0.25, 0.3) is 4.72 Å². The van der Waals surface area contributed by atoms with Crippen molar-refractivity contribution in [3.63, 3.8) is 0 Å². The number of aliphatic imine (C=N–C) groups is 1. The third-order valence-corrected chi connectivity index (χ3v) is 5.06. The maximum Gasteiger partial charge on any atom is 0.204 e. The van der Waals surface area contributed by atoms with Gasteiger partial charge in [0.1, 0.15) is 5.82 Å². The third kappa shape index (κ3) is 2.54. The van der Waals surface area contributed by atoms with Crippen molar-refractivity contribution in [3.05, 3.63) is 59.1 Å². The largest absolute Gasteiger partial charge is 0.430 e. The molecule has 0 atom stereocenters. The molecule has 0 aromatic heterocycles. The monoisotopic (exact) mass is 307 g/mol. The summed E-state index contributed by atoms with van der Waals surface area (Å²) in [6, 6.07) is 12.5. The average Bonchev–Trinajstić information content (AvgIpc) is 2.40. The molecule has 0 amide bonds. The number of sulfonamides is 1. The fourth-order valence-electron chi connectivity index (χ4n) is 1.69. The Morgan fingerprint density at radius 1 is 1.10 bits per heavy atom. The van der Waals surface area contributed by atoms with Gasteiger partial charge in [0.2, 0.25) is 10.0 Å². The average molecular weight is 307 g/mol. The molecule has 102 valence electrons. The molecule has 4 nitrogen and oxygen atoms in total. The number of para-hydroxylation sites is 1. The molecule has 0 saturated carbocycles. The van der Waals surface area contributed by atoms with Gasteiger partial charge < -0.3 is 9.71 Å². The topological polar surface area (TPSA) is 60.6 Å². The SMILES string of the molecule is O=S1(=O)[N-]C(=Nc2ccccc2)Sc2ccc(F)cc21. The Bertz CT molecular complexity index is 789. The first-order chi connectivity index (χ1) is 9.54. The fourth-order valence-corrected chi connectivity index (χ4v) is 4.15. The molecule has 1 aliphatic rings. The summed E-state index contributed by atoms with van der Waals surface area (Å²) in [5.74, 6) is -0.605. The molecule has 3 rings (SSSR count). The summed E-state index contributed by atoms with van der Waals surface area (Å²) in [4.78, 5) is 4.49. The van der Waals surface area contributed by atoms with E-state index in [9.17, 15) is 12.8 Å². The Kier molecular flexibility index (Phi) is 3.23. The molecule has 0 unspecified atom stereocenters. The third-order valence-electron chi connectivity index (χ3n) is 2.56. The minimum Gasteiger partial charge on any atom is -0.430 e. The first kappa shape index (κ1) is 13.1. The van der Waals surface area contributed by atoms with Gasteiger partial charge in [-0.15, -0.1) is 0 Å². The zero-order valence-corrected chi connectivity index (χ0v) is 11.7. The van der Waals surface area contributed by atoms with E-state index in [1.165, 1.54) is 12.1 Å². The smallest absolute Gasteiger partial charge is 0.204 e. The van der Waals surface area contributed by atoms with Crippen molar-refractivity contribution >= 4 is 32.6 Å². The van der Waals surface area contributed by atoms with Gasteiger partial charge in [0.05, 0.1) is 4.90 Å². The van der Waals surface area contributed by atoms with E-state index in [0.717, 1.165) is 17.8 Å². The maximum absolute atomic E-state index is 13.1. The van der Waals surface area contributed by atoms with Gasteiger partial charge in [-0.05, 0) is 29.1 Å². The minimum absolute atomic E-state index is 0.116. The normalized spacial score (nSPS) is 18.4. The second-order valence-corrected chi connectivity index (χ2v) is 6.57. The Hall–Kier alpha value is -1.86. The fraction of sp³-hybridized carbons (Fsp3) is 0. The van der Waals surface area contributed by atoms with Crippen LogP contribution in [0.2, 0.25) is 0 Å². The van der Waals surface area contributed by atoms with Crippen LogP contribution in [0.15, 0.2) is 63.3 Å². The predicted molar refractivity (Wildman–Crippen MR) is 76.3 cm³/mol. The van der Waals surface area contributed by atoms with Crippen LogP contribution < -0.4 is 0 Å². The van der Waals surface area contributed by atoms with Crippen molar-refractivity contribution in [1.29, 1.82) is 0 Å². The van der Waals surface area contributed by atoms with E-state index < -0.39 is 15.8 Å². The molecule has 0 spiro atoms.